The SMILES string of the molecule is CCS(=O)(=O)c1ccc(-c2c(NC(C)=O)ccc(-c3ccncc3)c2Oc2cccc(OC(F)(F)F)c2)cc1. The van der Waals surface area contributed by atoms with Crippen LogP contribution in [0.1, 0.15) is 13.8 Å². The molecule has 0 radical (unpaired) electrons. The van der Waals surface area contributed by atoms with Gasteiger partial charge in [-0.2, -0.15) is 0 Å². The van der Waals surface area contributed by atoms with Crippen LogP contribution in [0.25, 0.3) is 22.3 Å². The third-order valence-corrected chi connectivity index (χ3v) is 7.35. The Balaban J connectivity index is 1.94. The van der Waals surface area contributed by atoms with Gasteiger partial charge in [0.15, 0.2) is 9.84 Å². The molecule has 1 amide bonds. The standard InChI is InChI=1S/C28H23F3N2O5S/c1-3-39(35,36)23-9-7-20(8-10-23)26-25(33-18(2)34)12-11-24(19-13-15-32-16-14-19)27(26)37-21-5-4-6-22(17-21)38-28(29,30)31/h4-17H,3H2,1-2H3,(H,33,34). The molecule has 0 bridgehead atoms. The number of carbonyl (C=O) groups is 1. The molecule has 1 heterocycles. The highest BCUT2D eigenvalue weighted by atomic mass is 32.2. The second-order valence-corrected chi connectivity index (χ2v) is 10.6. The molecule has 0 aliphatic rings. The summed E-state index contributed by atoms with van der Waals surface area (Å²) in [4.78, 5) is 16.2. The van der Waals surface area contributed by atoms with E-state index in [0.29, 0.717) is 27.9 Å². The summed E-state index contributed by atoms with van der Waals surface area (Å²) < 4.78 is 73.5. The lowest BCUT2D eigenvalue weighted by Crippen LogP contribution is -2.17. The number of carbonyl (C=O) groups excluding carboxylic acids is 1. The Kier molecular flexibility index (Phi) is 7.91. The number of anilines is 1. The molecule has 39 heavy (non-hydrogen) atoms. The lowest BCUT2D eigenvalue weighted by Gasteiger charge is -2.20. The lowest BCUT2D eigenvalue weighted by molar-refractivity contribution is -0.274. The van der Waals surface area contributed by atoms with Gasteiger partial charge in [-0.25, -0.2) is 8.42 Å². The highest BCUT2D eigenvalue weighted by Gasteiger charge is 2.31. The van der Waals surface area contributed by atoms with E-state index in [9.17, 15) is 26.4 Å². The maximum atomic E-state index is 12.8. The molecule has 0 fully saturated rings. The average molecular weight is 557 g/mol. The van der Waals surface area contributed by atoms with E-state index in [4.69, 9.17) is 4.74 Å². The zero-order chi connectivity index (χ0) is 28.2. The van der Waals surface area contributed by atoms with E-state index in [1.165, 1.54) is 31.2 Å². The molecule has 0 saturated heterocycles. The first-order valence-corrected chi connectivity index (χ1v) is 13.3. The van der Waals surface area contributed by atoms with Crippen molar-refractivity contribution in [2.45, 2.75) is 25.1 Å². The van der Waals surface area contributed by atoms with Crippen LogP contribution in [0.15, 0.2) is 90.1 Å². The molecule has 0 saturated carbocycles. The number of hydrogen-bond acceptors (Lipinski definition) is 6. The van der Waals surface area contributed by atoms with Crippen LogP contribution in [-0.4, -0.2) is 31.4 Å². The lowest BCUT2D eigenvalue weighted by atomic mass is 9.95. The summed E-state index contributed by atoms with van der Waals surface area (Å²) in [6.45, 7) is 2.87. The van der Waals surface area contributed by atoms with Crippen molar-refractivity contribution in [2.24, 2.45) is 0 Å². The van der Waals surface area contributed by atoms with Crippen molar-refractivity contribution in [1.29, 1.82) is 0 Å². The van der Waals surface area contributed by atoms with Crippen LogP contribution in [0, 0.1) is 0 Å². The summed E-state index contributed by atoms with van der Waals surface area (Å²) in [7, 11) is -3.47. The van der Waals surface area contributed by atoms with Gasteiger partial charge in [0.1, 0.15) is 17.2 Å². The monoisotopic (exact) mass is 556 g/mol. The van der Waals surface area contributed by atoms with Gasteiger partial charge in [-0.3, -0.25) is 9.78 Å². The third-order valence-electron chi connectivity index (χ3n) is 5.60. The van der Waals surface area contributed by atoms with Crippen LogP contribution in [0.4, 0.5) is 18.9 Å². The van der Waals surface area contributed by atoms with Crippen molar-refractivity contribution >= 4 is 21.4 Å². The fraction of sp³-hybridized carbons (Fsp3) is 0.143. The minimum absolute atomic E-state index is 0.0402. The number of halogens is 3. The fourth-order valence-electron chi connectivity index (χ4n) is 3.88. The van der Waals surface area contributed by atoms with Crippen molar-refractivity contribution in [2.75, 3.05) is 11.1 Å². The van der Waals surface area contributed by atoms with Gasteiger partial charge in [0.2, 0.25) is 5.91 Å². The van der Waals surface area contributed by atoms with Gasteiger partial charge in [0.05, 0.1) is 16.3 Å². The highest BCUT2D eigenvalue weighted by molar-refractivity contribution is 7.91. The van der Waals surface area contributed by atoms with E-state index in [0.717, 1.165) is 12.1 Å². The molecule has 202 valence electrons. The number of aromatic nitrogens is 1. The number of alkyl halides is 3. The van der Waals surface area contributed by atoms with Crippen LogP contribution >= 0.6 is 0 Å². The van der Waals surface area contributed by atoms with Crippen LogP contribution in [0.5, 0.6) is 17.2 Å². The van der Waals surface area contributed by atoms with Gasteiger partial charge < -0.3 is 14.8 Å². The van der Waals surface area contributed by atoms with Gasteiger partial charge in [0, 0.05) is 36.5 Å². The topological polar surface area (TPSA) is 94.6 Å². The summed E-state index contributed by atoms with van der Waals surface area (Å²) in [5.74, 6) is -0.670. The molecule has 0 aliphatic heterocycles. The first-order chi connectivity index (χ1) is 18.5. The van der Waals surface area contributed by atoms with Crippen LogP contribution in [0.3, 0.4) is 0 Å². The molecule has 4 rings (SSSR count). The minimum atomic E-state index is -4.89. The number of nitrogens with one attached hydrogen (secondary N) is 1. The maximum absolute atomic E-state index is 12.8. The largest absolute Gasteiger partial charge is 0.573 e. The maximum Gasteiger partial charge on any atom is 0.573 e. The molecular weight excluding hydrogens is 533 g/mol. The van der Waals surface area contributed by atoms with Gasteiger partial charge in [-0.15, -0.1) is 13.2 Å². The zero-order valence-electron chi connectivity index (χ0n) is 20.8. The summed E-state index contributed by atoms with van der Waals surface area (Å²) in [5, 5.41) is 2.75. The Morgan fingerprint density at radius 2 is 1.59 bits per heavy atom. The quantitative estimate of drug-likeness (QED) is 0.255. The Morgan fingerprint density at radius 1 is 0.923 bits per heavy atom. The van der Waals surface area contributed by atoms with E-state index in [-0.39, 0.29) is 28.1 Å². The van der Waals surface area contributed by atoms with Gasteiger partial charge in [-0.1, -0.05) is 25.1 Å². The number of rotatable bonds is 8. The number of sulfone groups is 1. The van der Waals surface area contributed by atoms with E-state index in [2.05, 4.69) is 15.0 Å². The van der Waals surface area contributed by atoms with Crippen molar-refractivity contribution in [3.63, 3.8) is 0 Å². The van der Waals surface area contributed by atoms with Crippen molar-refractivity contribution < 1.29 is 35.9 Å². The first kappa shape index (κ1) is 27.6. The van der Waals surface area contributed by atoms with E-state index < -0.39 is 21.9 Å². The first-order valence-electron chi connectivity index (χ1n) is 11.7. The number of benzene rings is 3. The van der Waals surface area contributed by atoms with Gasteiger partial charge >= 0.3 is 6.36 Å². The smallest absolute Gasteiger partial charge is 0.456 e. The average Bonchev–Trinajstić information content (AvgIpc) is 2.88. The van der Waals surface area contributed by atoms with E-state index in [1.54, 1.807) is 55.7 Å². The predicted octanol–water partition coefficient (Wildman–Crippen LogP) is 6.86. The minimum Gasteiger partial charge on any atom is -0.456 e. The predicted molar refractivity (Wildman–Crippen MR) is 140 cm³/mol. The Bertz CT molecular complexity index is 1590. The molecule has 3 aromatic carbocycles. The molecule has 11 heteroatoms. The molecule has 7 nitrogen and oxygen atoms in total. The molecule has 0 spiro atoms. The molecular formula is C28H23F3N2O5S. The number of ether oxygens (including phenoxy) is 2. The molecule has 0 aliphatic carbocycles. The highest BCUT2D eigenvalue weighted by Crippen LogP contribution is 2.46. The number of hydrogen-bond donors (Lipinski definition) is 1. The molecule has 0 unspecified atom stereocenters. The fourth-order valence-corrected chi connectivity index (χ4v) is 4.76. The van der Waals surface area contributed by atoms with Crippen molar-refractivity contribution in [1.82, 2.24) is 4.98 Å². The molecule has 1 N–H and O–H groups in total. The molecule has 4 aromatic rings. The zero-order valence-corrected chi connectivity index (χ0v) is 21.6. The van der Waals surface area contributed by atoms with Gasteiger partial charge in [-0.05, 0) is 59.7 Å². The van der Waals surface area contributed by atoms with Crippen LogP contribution < -0.4 is 14.8 Å². The number of pyridine rings is 1. The van der Waals surface area contributed by atoms with Crippen molar-refractivity contribution in [3.8, 4) is 39.5 Å². The van der Waals surface area contributed by atoms with E-state index in [1.807, 2.05) is 0 Å². The number of nitrogens with zero attached hydrogens (tertiary/aromatic N) is 1. The molecule has 1 aromatic heterocycles. The third kappa shape index (κ3) is 6.74. The van der Waals surface area contributed by atoms with Crippen LogP contribution in [0.2, 0.25) is 0 Å². The second kappa shape index (κ2) is 11.2. The van der Waals surface area contributed by atoms with E-state index >= 15 is 0 Å². The Labute approximate surface area is 223 Å². The van der Waals surface area contributed by atoms with Gasteiger partial charge in [0.25, 0.3) is 0 Å². The second-order valence-electron chi connectivity index (χ2n) is 8.33. The number of amides is 1. The van der Waals surface area contributed by atoms with Crippen LogP contribution in [-0.2, 0) is 14.6 Å². The summed E-state index contributed by atoms with van der Waals surface area (Å²) in [6.07, 6.45) is -1.75. The summed E-state index contributed by atoms with van der Waals surface area (Å²) in [5.41, 5.74) is 2.48. The molecule has 0 atom stereocenters. The Hall–Kier alpha value is -4.38. The normalized spacial score (nSPS) is 11.6. The van der Waals surface area contributed by atoms with Crippen molar-refractivity contribution in [3.05, 3.63) is 85.2 Å². The summed E-state index contributed by atoms with van der Waals surface area (Å²) >= 11 is 0. The summed E-state index contributed by atoms with van der Waals surface area (Å²) in [6, 6.07) is 17.9. The Morgan fingerprint density at radius 3 is 2.21 bits per heavy atom.